The van der Waals surface area contributed by atoms with Crippen LogP contribution in [0.25, 0.3) is 0 Å². The van der Waals surface area contributed by atoms with Crippen molar-refractivity contribution in [2.75, 3.05) is 0 Å². The van der Waals surface area contributed by atoms with E-state index in [2.05, 4.69) is 6.92 Å². The largest absolute Gasteiger partial charge is 0.361 e. The van der Waals surface area contributed by atoms with Crippen molar-refractivity contribution in [2.24, 2.45) is 17.8 Å². The van der Waals surface area contributed by atoms with Gasteiger partial charge < -0.3 is 9.84 Å². The fourth-order valence-corrected chi connectivity index (χ4v) is 4.54. The van der Waals surface area contributed by atoms with Crippen LogP contribution >= 0.6 is 0 Å². The van der Waals surface area contributed by atoms with E-state index in [0.717, 1.165) is 19.3 Å². The molecule has 0 aromatic rings. The lowest BCUT2D eigenvalue weighted by Gasteiger charge is -2.44. The summed E-state index contributed by atoms with van der Waals surface area (Å²) in [5.74, 6) is -5.84. The van der Waals surface area contributed by atoms with Crippen molar-refractivity contribution >= 4 is 5.78 Å². The van der Waals surface area contributed by atoms with Crippen LogP contribution < -0.4 is 0 Å². The van der Waals surface area contributed by atoms with Crippen LogP contribution in [-0.2, 0) is 9.53 Å². The number of rotatable bonds is 10. The maximum atomic E-state index is 14.6. The Hall–Kier alpha value is -0.550. The minimum absolute atomic E-state index is 0.00616. The molecule has 0 aromatic carbocycles. The van der Waals surface area contributed by atoms with E-state index in [4.69, 9.17) is 4.74 Å². The van der Waals surface area contributed by atoms with Crippen LogP contribution in [0, 0.1) is 17.8 Å². The minimum atomic E-state index is -3.28. The highest BCUT2D eigenvalue weighted by molar-refractivity contribution is 5.84. The predicted octanol–water partition coefficient (Wildman–Crippen LogP) is 5.49. The molecule has 1 N–H and O–H groups in total. The van der Waals surface area contributed by atoms with Gasteiger partial charge in [-0.1, -0.05) is 59.3 Å². The van der Waals surface area contributed by atoms with Crippen molar-refractivity contribution in [3.8, 4) is 0 Å². The Labute approximate surface area is 156 Å². The van der Waals surface area contributed by atoms with Crippen LogP contribution in [0.1, 0.15) is 91.4 Å². The molecule has 1 saturated carbocycles. The fourth-order valence-electron chi connectivity index (χ4n) is 4.54. The summed E-state index contributed by atoms with van der Waals surface area (Å²) in [6.07, 6.45) is 6.77. The number of hydrogen-bond donors (Lipinski definition) is 1. The van der Waals surface area contributed by atoms with Gasteiger partial charge in [0.1, 0.15) is 5.78 Å². The number of alkyl halides is 2. The van der Waals surface area contributed by atoms with Gasteiger partial charge in [0.05, 0.1) is 6.10 Å². The lowest BCUT2D eigenvalue weighted by Crippen LogP contribution is -2.56. The summed E-state index contributed by atoms with van der Waals surface area (Å²) in [5, 5.41) is 10.6. The monoisotopic (exact) mass is 374 g/mol. The SMILES string of the molecule is CCCCCCC[C@H]1C(=O)CC2O[C@@](O)(C(F)(F)C[C@@H](C)CC)CCC21. The summed E-state index contributed by atoms with van der Waals surface area (Å²) in [7, 11) is 0. The number of carbonyl (C=O) groups is 1. The van der Waals surface area contributed by atoms with Gasteiger partial charge in [0, 0.05) is 25.2 Å². The van der Waals surface area contributed by atoms with E-state index < -0.39 is 17.8 Å². The highest BCUT2D eigenvalue weighted by atomic mass is 19.3. The molecule has 26 heavy (non-hydrogen) atoms. The van der Waals surface area contributed by atoms with E-state index in [9.17, 15) is 18.7 Å². The molecule has 0 bridgehead atoms. The van der Waals surface area contributed by atoms with Crippen LogP contribution in [0.5, 0.6) is 0 Å². The first-order valence-corrected chi connectivity index (χ1v) is 10.5. The predicted molar refractivity (Wildman–Crippen MR) is 98.1 cm³/mol. The molecule has 1 aliphatic carbocycles. The zero-order valence-corrected chi connectivity index (χ0v) is 16.6. The second kappa shape index (κ2) is 9.09. The van der Waals surface area contributed by atoms with Crippen molar-refractivity contribution in [1.29, 1.82) is 0 Å². The normalized spacial score (nSPS) is 33.3. The third kappa shape index (κ3) is 4.83. The lowest BCUT2D eigenvalue weighted by atomic mass is 9.81. The lowest BCUT2D eigenvalue weighted by molar-refractivity contribution is -0.358. The van der Waals surface area contributed by atoms with Crippen molar-refractivity contribution in [2.45, 2.75) is 109 Å². The van der Waals surface area contributed by atoms with Gasteiger partial charge >= 0.3 is 5.92 Å². The zero-order valence-electron chi connectivity index (χ0n) is 16.6. The van der Waals surface area contributed by atoms with Gasteiger partial charge in [0.2, 0.25) is 5.79 Å². The van der Waals surface area contributed by atoms with Gasteiger partial charge in [-0.2, -0.15) is 0 Å². The third-order valence-corrected chi connectivity index (χ3v) is 6.47. The number of Topliss-reactive ketones (excluding diaryl/α,β-unsaturated/α-hetero) is 1. The maximum Gasteiger partial charge on any atom is 0.300 e. The van der Waals surface area contributed by atoms with Gasteiger partial charge in [-0.15, -0.1) is 0 Å². The van der Waals surface area contributed by atoms with Crippen LogP contribution in [0.2, 0.25) is 0 Å². The summed E-state index contributed by atoms with van der Waals surface area (Å²) >= 11 is 0. The standard InChI is InChI=1S/C21H36F2O3/c1-4-6-7-8-9-10-16-17-11-12-21(25,26-19(17)13-18(16)24)20(22,23)14-15(3)5-2/h15-17,19,25H,4-14H2,1-3H3/t15-,16+,17?,19?,21+/m0/s1. The van der Waals surface area contributed by atoms with E-state index in [-0.39, 0.29) is 42.8 Å². The molecule has 2 unspecified atom stereocenters. The van der Waals surface area contributed by atoms with Crippen LogP contribution in [0.15, 0.2) is 0 Å². The minimum Gasteiger partial charge on any atom is -0.361 e. The summed E-state index contributed by atoms with van der Waals surface area (Å²) in [5.41, 5.74) is 0. The first-order valence-electron chi connectivity index (χ1n) is 10.5. The number of halogens is 2. The second-order valence-electron chi connectivity index (χ2n) is 8.55. The summed E-state index contributed by atoms with van der Waals surface area (Å²) in [6, 6.07) is 0. The second-order valence-corrected chi connectivity index (χ2v) is 8.55. The van der Waals surface area contributed by atoms with Crippen molar-refractivity contribution in [3.63, 3.8) is 0 Å². The molecule has 5 atom stereocenters. The number of unbranched alkanes of at least 4 members (excludes halogenated alkanes) is 4. The van der Waals surface area contributed by atoms with E-state index in [1.165, 1.54) is 19.3 Å². The van der Waals surface area contributed by atoms with Crippen LogP contribution in [0.4, 0.5) is 8.78 Å². The summed E-state index contributed by atoms with van der Waals surface area (Å²) in [4.78, 5) is 12.4. The Bertz CT molecular complexity index is 468. The van der Waals surface area contributed by atoms with Gasteiger partial charge in [0.15, 0.2) is 0 Å². The number of ether oxygens (including phenoxy) is 1. The Morgan fingerprint density at radius 1 is 1.27 bits per heavy atom. The molecule has 3 nitrogen and oxygen atoms in total. The van der Waals surface area contributed by atoms with Crippen molar-refractivity contribution in [1.82, 2.24) is 0 Å². The Kier molecular flexibility index (Phi) is 7.61. The number of carbonyl (C=O) groups excluding carboxylic acids is 1. The highest BCUT2D eigenvalue weighted by Crippen LogP contribution is 2.50. The molecule has 0 radical (unpaired) electrons. The van der Waals surface area contributed by atoms with E-state index in [0.29, 0.717) is 12.8 Å². The summed E-state index contributed by atoms with van der Waals surface area (Å²) < 4.78 is 34.8. The number of fused-ring (bicyclic) bond motifs is 1. The average molecular weight is 375 g/mol. The maximum absolute atomic E-state index is 14.6. The summed E-state index contributed by atoms with van der Waals surface area (Å²) in [6.45, 7) is 5.79. The molecule has 2 rings (SSSR count). The molecule has 0 spiro atoms. The van der Waals surface area contributed by atoms with E-state index in [1.54, 1.807) is 6.92 Å². The Morgan fingerprint density at radius 3 is 2.62 bits per heavy atom. The molecule has 0 aromatic heterocycles. The molecular formula is C21H36F2O3. The molecule has 2 aliphatic rings. The highest BCUT2D eigenvalue weighted by Gasteiger charge is 2.60. The van der Waals surface area contributed by atoms with Gasteiger partial charge in [-0.05, 0) is 24.7 Å². The number of aliphatic hydroxyl groups is 1. The molecule has 1 aliphatic heterocycles. The van der Waals surface area contributed by atoms with Gasteiger partial charge in [0.25, 0.3) is 0 Å². The Morgan fingerprint density at radius 2 is 1.96 bits per heavy atom. The molecule has 1 heterocycles. The number of hydrogen-bond acceptors (Lipinski definition) is 3. The van der Waals surface area contributed by atoms with Crippen molar-refractivity contribution in [3.05, 3.63) is 0 Å². The molecule has 2 fully saturated rings. The molecule has 0 amide bonds. The van der Waals surface area contributed by atoms with Crippen LogP contribution in [0.3, 0.4) is 0 Å². The zero-order chi connectivity index (χ0) is 19.4. The van der Waals surface area contributed by atoms with Gasteiger partial charge in [-0.3, -0.25) is 4.79 Å². The Balaban J connectivity index is 1.94. The van der Waals surface area contributed by atoms with E-state index >= 15 is 0 Å². The first kappa shape index (κ1) is 21.7. The topological polar surface area (TPSA) is 46.5 Å². The first-order chi connectivity index (χ1) is 12.2. The molecule has 152 valence electrons. The van der Waals surface area contributed by atoms with E-state index in [1.807, 2.05) is 6.92 Å². The smallest absolute Gasteiger partial charge is 0.300 e. The quantitative estimate of drug-likeness (QED) is 0.514. The number of ketones is 1. The molecule has 1 saturated heterocycles. The van der Waals surface area contributed by atoms with Gasteiger partial charge in [-0.25, -0.2) is 8.78 Å². The fraction of sp³-hybridized carbons (Fsp3) is 0.952. The molecule has 5 heteroatoms. The van der Waals surface area contributed by atoms with Crippen LogP contribution in [-0.4, -0.2) is 28.7 Å². The average Bonchev–Trinajstić information content (AvgIpc) is 2.88. The van der Waals surface area contributed by atoms with Crippen molar-refractivity contribution < 1.29 is 23.4 Å². The third-order valence-electron chi connectivity index (χ3n) is 6.47. The molecular weight excluding hydrogens is 338 g/mol.